The van der Waals surface area contributed by atoms with Gasteiger partial charge in [-0.1, -0.05) is 41.9 Å². The summed E-state index contributed by atoms with van der Waals surface area (Å²) in [5.74, 6) is 2.50. The van der Waals surface area contributed by atoms with Gasteiger partial charge in [-0.05, 0) is 12.5 Å². The van der Waals surface area contributed by atoms with Crippen LogP contribution in [-0.4, -0.2) is 40.4 Å². The van der Waals surface area contributed by atoms with E-state index in [0.29, 0.717) is 16.9 Å². The molecule has 3 atom stereocenters. The first-order valence-electron chi connectivity index (χ1n) is 8.61. The average Bonchev–Trinajstić information content (AvgIpc) is 3.15. The molecule has 25 heavy (non-hydrogen) atoms. The quantitative estimate of drug-likeness (QED) is 0.829. The molecule has 2 fully saturated rings. The van der Waals surface area contributed by atoms with Crippen LogP contribution in [0.1, 0.15) is 24.4 Å². The second-order valence-electron chi connectivity index (χ2n) is 6.94. The fraction of sp³-hybridized carbons (Fsp3) is 0.421. The van der Waals surface area contributed by atoms with Crippen LogP contribution in [0.5, 0.6) is 0 Å². The van der Waals surface area contributed by atoms with Crippen molar-refractivity contribution in [2.24, 2.45) is 11.8 Å². The van der Waals surface area contributed by atoms with Gasteiger partial charge in [0.25, 0.3) is 0 Å². The first-order valence-corrected chi connectivity index (χ1v) is 8.98. The van der Waals surface area contributed by atoms with Gasteiger partial charge in [0.05, 0.1) is 12.2 Å². The number of amides is 1. The highest BCUT2D eigenvalue weighted by atomic mass is 35.5. The van der Waals surface area contributed by atoms with E-state index in [1.165, 1.54) is 5.56 Å². The number of rotatable bonds is 2. The molecule has 130 valence electrons. The van der Waals surface area contributed by atoms with Gasteiger partial charge in [-0.15, -0.1) is 0 Å². The summed E-state index contributed by atoms with van der Waals surface area (Å²) in [6.07, 6.45) is 1.67. The molecule has 3 heterocycles. The monoisotopic (exact) mass is 356 g/mol. The molecule has 0 N–H and O–H groups in total. The summed E-state index contributed by atoms with van der Waals surface area (Å²) < 4.78 is 0. The second kappa shape index (κ2) is 6.30. The molecule has 2 aliphatic heterocycles. The lowest BCUT2D eigenvalue weighted by Crippen LogP contribution is -2.34. The zero-order chi connectivity index (χ0) is 17.6. The lowest BCUT2D eigenvalue weighted by molar-refractivity contribution is -0.130. The summed E-state index contributed by atoms with van der Waals surface area (Å²) in [4.78, 5) is 25.1. The van der Waals surface area contributed by atoms with Crippen molar-refractivity contribution in [3.05, 3.63) is 52.9 Å². The second-order valence-corrected chi connectivity index (χ2v) is 7.35. The van der Waals surface area contributed by atoms with Gasteiger partial charge < -0.3 is 9.80 Å². The third-order valence-corrected chi connectivity index (χ3v) is 5.62. The average molecular weight is 357 g/mol. The van der Waals surface area contributed by atoms with Crippen LogP contribution < -0.4 is 4.90 Å². The topological polar surface area (TPSA) is 49.3 Å². The van der Waals surface area contributed by atoms with Gasteiger partial charge in [0.15, 0.2) is 5.82 Å². The van der Waals surface area contributed by atoms with E-state index in [-0.39, 0.29) is 11.9 Å². The molecule has 6 heteroatoms. The summed E-state index contributed by atoms with van der Waals surface area (Å²) in [7, 11) is 0. The lowest BCUT2D eigenvalue weighted by Gasteiger charge is -2.29. The van der Waals surface area contributed by atoms with Crippen LogP contribution >= 0.6 is 11.6 Å². The van der Waals surface area contributed by atoms with Crippen LogP contribution in [0.4, 0.5) is 5.82 Å². The zero-order valence-electron chi connectivity index (χ0n) is 14.4. The normalized spacial score (nSPS) is 25.3. The van der Waals surface area contributed by atoms with Gasteiger partial charge in [0.2, 0.25) is 5.91 Å². The van der Waals surface area contributed by atoms with E-state index in [4.69, 9.17) is 11.6 Å². The number of carbonyl (C=O) groups excluding carboxylic acids is 1. The molecule has 1 amide bonds. The molecule has 0 saturated carbocycles. The molecule has 2 saturated heterocycles. The van der Waals surface area contributed by atoms with Gasteiger partial charge in [-0.2, -0.15) is 0 Å². The highest BCUT2D eigenvalue weighted by Gasteiger charge is 2.48. The lowest BCUT2D eigenvalue weighted by atomic mass is 9.89. The fourth-order valence-electron chi connectivity index (χ4n) is 4.28. The molecule has 0 spiro atoms. The van der Waals surface area contributed by atoms with Crippen molar-refractivity contribution in [1.29, 1.82) is 0 Å². The highest BCUT2D eigenvalue weighted by molar-refractivity contribution is 6.32. The third kappa shape index (κ3) is 2.86. The molecular weight excluding hydrogens is 336 g/mol. The first-order chi connectivity index (χ1) is 12.0. The third-order valence-electron chi connectivity index (χ3n) is 5.36. The van der Waals surface area contributed by atoms with Crippen LogP contribution in [0.3, 0.4) is 0 Å². The van der Waals surface area contributed by atoms with Crippen molar-refractivity contribution in [3.63, 3.8) is 0 Å². The Labute approximate surface area is 152 Å². The van der Waals surface area contributed by atoms with E-state index >= 15 is 0 Å². The van der Waals surface area contributed by atoms with Crippen LogP contribution in [0.25, 0.3) is 0 Å². The van der Waals surface area contributed by atoms with Crippen molar-refractivity contribution in [2.45, 2.75) is 19.9 Å². The molecular formula is C19H21ClN4O. The van der Waals surface area contributed by atoms with Gasteiger partial charge >= 0.3 is 0 Å². The molecule has 1 aromatic heterocycles. The number of fused-ring (bicyclic) bond motifs is 1. The Kier molecular flexibility index (Phi) is 4.12. The summed E-state index contributed by atoms with van der Waals surface area (Å²) in [6.45, 7) is 6.05. The van der Waals surface area contributed by atoms with E-state index in [9.17, 15) is 4.79 Å². The number of nitrogens with zero attached hydrogens (tertiary/aromatic N) is 4. The van der Waals surface area contributed by atoms with Crippen LogP contribution in [-0.2, 0) is 4.79 Å². The van der Waals surface area contributed by atoms with Gasteiger partial charge in [-0.3, -0.25) is 4.79 Å². The summed E-state index contributed by atoms with van der Waals surface area (Å²) in [5, 5.41) is 0.588. The molecule has 2 aliphatic rings. The van der Waals surface area contributed by atoms with Crippen LogP contribution in [0, 0.1) is 18.8 Å². The largest absolute Gasteiger partial charge is 0.355 e. The minimum atomic E-state index is 0.121. The van der Waals surface area contributed by atoms with Crippen LogP contribution in [0.2, 0.25) is 5.02 Å². The molecule has 0 aliphatic carbocycles. The minimum Gasteiger partial charge on any atom is -0.355 e. The maximum absolute atomic E-state index is 12.2. The number of carbonyl (C=O) groups is 1. The SMILES string of the molecule is CC(=O)N1C[C@H]2CN(c3nc(C)ncc3Cl)C[C@H]2[C@@H]1c1ccccc1. The molecule has 0 bridgehead atoms. The molecule has 4 rings (SSSR count). The maximum Gasteiger partial charge on any atom is 0.219 e. The molecule has 5 nitrogen and oxygen atoms in total. The Hall–Kier alpha value is -2.14. The smallest absolute Gasteiger partial charge is 0.219 e. The number of halogens is 1. The number of hydrogen-bond acceptors (Lipinski definition) is 4. The Bertz CT molecular complexity index is 797. The summed E-state index contributed by atoms with van der Waals surface area (Å²) >= 11 is 6.33. The summed E-state index contributed by atoms with van der Waals surface area (Å²) in [6, 6.07) is 10.5. The van der Waals surface area contributed by atoms with E-state index in [2.05, 4.69) is 27.0 Å². The van der Waals surface area contributed by atoms with Crippen molar-refractivity contribution >= 4 is 23.3 Å². The number of hydrogen-bond donors (Lipinski definition) is 0. The number of anilines is 1. The number of aryl methyl sites for hydroxylation is 1. The molecule has 2 aromatic rings. The predicted octanol–water partition coefficient (Wildman–Crippen LogP) is 3.09. The molecule has 1 aromatic carbocycles. The van der Waals surface area contributed by atoms with Gasteiger partial charge in [0.1, 0.15) is 10.8 Å². The Morgan fingerprint density at radius 3 is 2.68 bits per heavy atom. The van der Waals surface area contributed by atoms with Crippen molar-refractivity contribution in [3.8, 4) is 0 Å². The maximum atomic E-state index is 12.2. The minimum absolute atomic E-state index is 0.121. The first kappa shape index (κ1) is 16.3. The Morgan fingerprint density at radius 2 is 1.96 bits per heavy atom. The van der Waals surface area contributed by atoms with E-state index in [1.54, 1.807) is 13.1 Å². The van der Waals surface area contributed by atoms with E-state index in [1.807, 2.05) is 30.0 Å². The highest BCUT2D eigenvalue weighted by Crippen LogP contribution is 2.46. The van der Waals surface area contributed by atoms with Crippen molar-refractivity contribution < 1.29 is 4.79 Å². The molecule has 0 unspecified atom stereocenters. The van der Waals surface area contributed by atoms with Gasteiger partial charge in [0, 0.05) is 38.4 Å². The standard InChI is InChI=1S/C19H21ClN4O/c1-12-21-8-17(20)19(22-12)23-9-15-10-24(13(2)25)18(16(15)11-23)14-6-4-3-5-7-14/h3-8,15-16,18H,9-11H2,1-2H3/t15-,16-,18+/m1/s1. The zero-order valence-corrected chi connectivity index (χ0v) is 15.1. The van der Waals surface area contributed by atoms with E-state index < -0.39 is 0 Å². The fourth-order valence-corrected chi connectivity index (χ4v) is 4.50. The van der Waals surface area contributed by atoms with Gasteiger partial charge in [-0.25, -0.2) is 9.97 Å². The van der Waals surface area contributed by atoms with E-state index in [0.717, 1.165) is 31.3 Å². The predicted molar refractivity (Wildman–Crippen MR) is 97.5 cm³/mol. The van der Waals surface area contributed by atoms with Crippen LogP contribution in [0.15, 0.2) is 36.5 Å². The van der Waals surface area contributed by atoms with Crippen molar-refractivity contribution in [1.82, 2.24) is 14.9 Å². The summed E-state index contributed by atoms with van der Waals surface area (Å²) in [5.41, 5.74) is 1.21. The number of likely N-dealkylation sites (tertiary alicyclic amines) is 1. The number of benzene rings is 1. The van der Waals surface area contributed by atoms with Crippen molar-refractivity contribution in [2.75, 3.05) is 24.5 Å². The molecule has 0 radical (unpaired) electrons. The Morgan fingerprint density at radius 1 is 1.20 bits per heavy atom. The number of aromatic nitrogens is 2. The Balaban J connectivity index is 1.65.